The van der Waals surface area contributed by atoms with E-state index in [0.717, 1.165) is 18.4 Å². The van der Waals surface area contributed by atoms with Crippen molar-refractivity contribution in [3.8, 4) is 5.75 Å². The number of ether oxygens (including phenoxy) is 2. The third kappa shape index (κ3) is 4.06. The van der Waals surface area contributed by atoms with Crippen LogP contribution in [-0.4, -0.2) is 30.2 Å². The standard InChI is InChI=1S/C21H25FN2O3/c1-21(14-26-2)12-11-19(24(21)20(23)25)15-7-9-17(10-8-15)27-13-16-5-3-4-6-18(16)22/h3-10,19H,11-14H2,1-2H3,(H2,23,25)/t19-,21?/m1/s1. The Morgan fingerprint density at radius 2 is 1.96 bits per heavy atom. The molecule has 6 heteroatoms. The molecule has 1 aliphatic heterocycles. The van der Waals surface area contributed by atoms with Crippen LogP contribution in [0.2, 0.25) is 0 Å². The van der Waals surface area contributed by atoms with E-state index in [9.17, 15) is 9.18 Å². The van der Waals surface area contributed by atoms with Crippen molar-refractivity contribution in [1.29, 1.82) is 0 Å². The van der Waals surface area contributed by atoms with E-state index in [0.29, 0.717) is 17.9 Å². The number of methoxy groups -OCH3 is 1. The molecule has 27 heavy (non-hydrogen) atoms. The number of nitrogens with two attached hydrogens (primary N) is 1. The van der Waals surface area contributed by atoms with Crippen LogP contribution in [0.15, 0.2) is 48.5 Å². The maximum atomic E-state index is 13.7. The summed E-state index contributed by atoms with van der Waals surface area (Å²) in [4.78, 5) is 13.8. The zero-order valence-corrected chi connectivity index (χ0v) is 15.7. The van der Waals surface area contributed by atoms with Crippen molar-refractivity contribution < 1.29 is 18.7 Å². The van der Waals surface area contributed by atoms with Crippen LogP contribution >= 0.6 is 0 Å². The molecule has 1 heterocycles. The molecule has 1 saturated heterocycles. The number of halogens is 1. The van der Waals surface area contributed by atoms with Gasteiger partial charge in [0, 0.05) is 12.7 Å². The molecule has 2 aromatic carbocycles. The number of amides is 2. The van der Waals surface area contributed by atoms with Gasteiger partial charge < -0.3 is 20.1 Å². The average Bonchev–Trinajstić information content (AvgIpc) is 2.99. The fraction of sp³-hybridized carbons (Fsp3) is 0.381. The van der Waals surface area contributed by atoms with Gasteiger partial charge in [-0.3, -0.25) is 0 Å². The molecule has 0 spiro atoms. The average molecular weight is 372 g/mol. The maximum Gasteiger partial charge on any atom is 0.315 e. The van der Waals surface area contributed by atoms with Gasteiger partial charge in [-0.05, 0) is 43.5 Å². The van der Waals surface area contributed by atoms with Gasteiger partial charge in [-0.1, -0.05) is 30.3 Å². The number of carbonyl (C=O) groups is 1. The quantitative estimate of drug-likeness (QED) is 0.833. The van der Waals surface area contributed by atoms with Gasteiger partial charge in [-0.2, -0.15) is 0 Å². The Balaban J connectivity index is 1.71. The van der Waals surface area contributed by atoms with E-state index in [1.165, 1.54) is 6.07 Å². The summed E-state index contributed by atoms with van der Waals surface area (Å²) in [6, 6.07) is 13.5. The van der Waals surface area contributed by atoms with E-state index in [1.807, 2.05) is 31.2 Å². The monoisotopic (exact) mass is 372 g/mol. The molecular formula is C21H25FN2O3. The zero-order valence-electron chi connectivity index (χ0n) is 15.7. The van der Waals surface area contributed by atoms with Crippen molar-refractivity contribution in [2.75, 3.05) is 13.7 Å². The first-order valence-electron chi connectivity index (χ1n) is 8.98. The van der Waals surface area contributed by atoms with E-state index >= 15 is 0 Å². The highest BCUT2D eigenvalue weighted by Crippen LogP contribution is 2.42. The molecule has 3 rings (SSSR count). The van der Waals surface area contributed by atoms with Crippen LogP contribution in [0.25, 0.3) is 0 Å². The van der Waals surface area contributed by atoms with E-state index in [-0.39, 0.29) is 18.5 Å². The van der Waals surface area contributed by atoms with Crippen LogP contribution in [0.1, 0.15) is 36.9 Å². The fourth-order valence-electron chi connectivity index (χ4n) is 3.82. The molecule has 1 fully saturated rings. The van der Waals surface area contributed by atoms with E-state index in [2.05, 4.69) is 0 Å². The Kier molecular flexibility index (Phi) is 5.65. The number of rotatable bonds is 6. The lowest BCUT2D eigenvalue weighted by Gasteiger charge is -2.37. The van der Waals surface area contributed by atoms with Crippen molar-refractivity contribution in [3.63, 3.8) is 0 Å². The Labute approximate surface area is 158 Å². The summed E-state index contributed by atoms with van der Waals surface area (Å²) < 4.78 is 24.7. The Morgan fingerprint density at radius 1 is 1.26 bits per heavy atom. The van der Waals surface area contributed by atoms with Crippen LogP contribution in [0.5, 0.6) is 5.75 Å². The van der Waals surface area contributed by atoms with Gasteiger partial charge in [0.15, 0.2) is 0 Å². The van der Waals surface area contributed by atoms with E-state index in [1.54, 1.807) is 30.2 Å². The molecule has 2 aromatic rings. The second kappa shape index (κ2) is 7.96. The smallest absolute Gasteiger partial charge is 0.315 e. The normalized spacial score (nSPS) is 22.0. The van der Waals surface area contributed by atoms with Gasteiger partial charge >= 0.3 is 6.03 Å². The number of hydrogen-bond donors (Lipinski definition) is 1. The highest BCUT2D eigenvalue weighted by molar-refractivity contribution is 5.74. The van der Waals surface area contributed by atoms with Crippen LogP contribution < -0.4 is 10.5 Å². The predicted octanol–water partition coefficient (Wildman–Crippen LogP) is 4.03. The molecule has 1 unspecified atom stereocenters. The summed E-state index contributed by atoms with van der Waals surface area (Å²) in [5, 5.41) is 0. The summed E-state index contributed by atoms with van der Waals surface area (Å²) >= 11 is 0. The van der Waals surface area contributed by atoms with Gasteiger partial charge in [0.2, 0.25) is 0 Å². The van der Waals surface area contributed by atoms with Crippen LogP contribution in [0.4, 0.5) is 9.18 Å². The molecule has 0 bridgehead atoms. The van der Waals surface area contributed by atoms with Crippen molar-refractivity contribution in [1.82, 2.24) is 4.90 Å². The topological polar surface area (TPSA) is 64.8 Å². The first-order chi connectivity index (χ1) is 12.9. The number of likely N-dealkylation sites (tertiary alicyclic amines) is 1. The van der Waals surface area contributed by atoms with Gasteiger partial charge in [-0.15, -0.1) is 0 Å². The highest BCUT2D eigenvalue weighted by Gasteiger charge is 2.45. The molecule has 144 valence electrons. The van der Waals surface area contributed by atoms with Gasteiger partial charge in [0.25, 0.3) is 0 Å². The maximum absolute atomic E-state index is 13.7. The van der Waals surface area contributed by atoms with Crippen molar-refractivity contribution in [2.24, 2.45) is 5.73 Å². The number of hydrogen-bond acceptors (Lipinski definition) is 3. The lowest BCUT2D eigenvalue weighted by atomic mass is 10.0. The van der Waals surface area contributed by atoms with E-state index < -0.39 is 11.6 Å². The van der Waals surface area contributed by atoms with Crippen LogP contribution in [0, 0.1) is 5.82 Å². The first kappa shape index (κ1) is 19.2. The van der Waals surface area contributed by atoms with Crippen molar-refractivity contribution in [3.05, 3.63) is 65.5 Å². The van der Waals surface area contributed by atoms with Crippen molar-refractivity contribution in [2.45, 2.75) is 38.0 Å². The summed E-state index contributed by atoms with van der Waals surface area (Å²) in [6.07, 6.45) is 1.64. The number of urea groups is 1. The Hall–Kier alpha value is -2.60. The molecule has 0 radical (unpaired) electrons. The largest absolute Gasteiger partial charge is 0.489 e. The molecular weight excluding hydrogens is 347 g/mol. The lowest BCUT2D eigenvalue weighted by Crippen LogP contribution is -2.51. The third-order valence-corrected chi connectivity index (χ3v) is 5.16. The van der Waals surface area contributed by atoms with Crippen LogP contribution in [0.3, 0.4) is 0 Å². The summed E-state index contributed by atoms with van der Waals surface area (Å²) in [7, 11) is 1.62. The van der Waals surface area contributed by atoms with Crippen LogP contribution in [-0.2, 0) is 11.3 Å². The fourth-order valence-corrected chi connectivity index (χ4v) is 3.82. The summed E-state index contributed by atoms with van der Waals surface area (Å²) in [5.74, 6) is 0.361. The highest BCUT2D eigenvalue weighted by atomic mass is 19.1. The van der Waals surface area contributed by atoms with E-state index in [4.69, 9.17) is 15.2 Å². The molecule has 2 N–H and O–H groups in total. The number of benzene rings is 2. The molecule has 5 nitrogen and oxygen atoms in total. The zero-order chi connectivity index (χ0) is 19.4. The molecule has 0 saturated carbocycles. The van der Waals surface area contributed by atoms with Crippen molar-refractivity contribution >= 4 is 6.03 Å². The number of nitrogens with zero attached hydrogens (tertiary/aromatic N) is 1. The number of primary amides is 1. The second-order valence-corrected chi connectivity index (χ2v) is 7.14. The number of carbonyl (C=O) groups excluding carboxylic acids is 1. The second-order valence-electron chi connectivity index (χ2n) is 7.14. The molecule has 2 amide bonds. The van der Waals surface area contributed by atoms with Gasteiger partial charge in [0.1, 0.15) is 18.2 Å². The molecule has 1 aliphatic rings. The molecule has 0 aliphatic carbocycles. The molecule has 2 atom stereocenters. The minimum Gasteiger partial charge on any atom is -0.489 e. The van der Waals surface area contributed by atoms with Gasteiger partial charge in [-0.25, -0.2) is 9.18 Å². The lowest BCUT2D eigenvalue weighted by molar-refractivity contribution is 0.0571. The minimum absolute atomic E-state index is 0.0942. The molecule has 0 aromatic heterocycles. The minimum atomic E-state index is -0.447. The summed E-state index contributed by atoms with van der Waals surface area (Å²) in [5.41, 5.74) is 6.75. The predicted molar refractivity (Wildman–Crippen MR) is 101 cm³/mol. The summed E-state index contributed by atoms with van der Waals surface area (Å²) in [6.45, 7) is 2.60. The Bertz CT molecular complexity index is 796. The third-order valence-electron chi connectivity index (χ3n) is 5.16. The first-order valence-corrected chi connectivity index (χ1v) is 8.98. The van der Waals surface area contributed by atoms with Gasteiger partial charge in [0.05, 0.1) is 18.2 Å². The SMILES string of the molecule is COCC1(C)CC[C@H](c2ccc(OCc3ccccc3F)cc2)N1C(N)=O. The Morgan fingerprint density at radius 3 is 2.59 bits per heavy atom.